The molecule has 1 aromatic rings. The fraction of sp³-hybridized carbons (Fsp3) is 0.750. The van der Waals surface area contributed by atoms with Gasteiger partial charge in [-0.25, -0.2) is 0 Å². The summed E-state index contributed by atoms with van der Waals surface area (Å²) in [6, 6.07) is 2.19. The van der Waals surface area contributed by atoms with Gasteiger partial charge in [-0.1, -0.05) is 13.8 Å². The van der Waals surface area contributed by atoms with E-state index in [1.807, 2.05) is 25.7 Å². The Labute approximate surface area is 92.9 Å². The van der Waals surface area contributed by atoms with Crippen LogP contribution in [0.2, 0.25) is 0 Å². The number of hydrogen-bond acceptors (Lipinski definition) is 2. The minimum atomic E-state index is 0.685. The summed E-state index contributed by atoms with van der Waals surface area (Å²) in [4.78, 5) is 0. The number of rotatable bonds is 5. The fourth-order valence-electron chi connectivity index (χ4n) is 1.93. The molecule has 0 aromatic carbocycles. The average Bonchev–Trinajstić information content (AvgIpc) is 2.44. The molecule has 86 valence electrons. The normalized spacial score (nSPS) is 13.5. The monoisotopic (exact) mass is 209 g/mol. The Morgan fingerprint density at radius 2 is 2.13 bits per heavy atom. The summed E-state index contributed by atoms with van der Waals surface area (Å²) in [5.41, 5.74) is 2.45. The van der Waals surface area contributed by atoms with Crippen molar-refractivity contribution in [3.63, 3.8) is 0 Å². The molecule has 0 radical (unpaired) electrons. The molecule has 0 spiro atoms. The first-order chi connectivity index (χ1) is 7.04. The van der Waals surface area contributed by atoms with Crippen molar-refractivity contribution in [2.75, 3.05) is 13.6 Å². The molecule has 0 aliphatic carbocycles. The van der Waals surface area contributed by atoms with Gasteiger partial charge < -0.3 is 5.32 Å². The molecular formula is C12H23N3. The van der Waals surface area contributed by atoms with Crippen LogP contribution >= 0.6 is 0 Å². The Morgan fingerprint density at radius 3 is 2.53 bits per heavy atom. The summed E-state index contributed by atoms with van der Waals surface area (Å²) in [6.07, 6.45) is 1.11. The number of nitrogens with zero attached hydrogens (tertiary/aromatic N) is 2. The molecule has 0 fully saturated rings. The molecule has 1 atom stereocenters. The second-order valence-electron chi connectivity index (χ2n) is 4.67. The lowest BCUT2D eigenvalue weighted by atomic mass is 9.91. The van der Waals surface area contributed by atoms with Gasteiger partial charge in [-0.15, -0.1) is 0 Å². The van der Waals surface area contributed by atoms with Crippen LogP contribution in [0, 0.1) is 18.8 Å². The Hall–Kier alpha value is -0.830. The van der Waals surface area contributed by atoms with Gasteiger partial charge in [-0.2, -0.15) is 5.10 Å². The zero-order valence-corrected chi connectivity index (χ0v) is 10.5. The molecule has 0 bridgehead atoms. The first-order valence-corrected chi connectivity index (χ1v) is 5.68. The van der Waals surface area contributed by atoms with E-state index in [9.17, 15) is 0 Å². The number of aromatic nitrogens is 2. The highest BCUT2D eigenvalue weighted by Crippen LogP contribution is 2.16. The molecule has 0 aliphatic heterocycles. The van der Waals surface area contributed by atoms with E-state index < -0.39 is 0 Å². The predicted octanol–water partition coefficient (Wildman–Crippen LogP) is 1.76. The van der Waals surface area contributed by atoms with E-state index in [4.69, 9.17) is 0 Å². The molecule has 3 heteroatoms. The Balaban J connectivity index is 2.69. The highest BCUT2D eigenvalue weighted by atomic mass is 15.3. The van der Waals surface area contributed by atoms with Crippen molar-refractivity contribution in [3.8, 4) is 0 Å². The summed E-state index contributed by atoms with van der Waals surface area (Å²) in [7, 11) is 4.04. The summed E-state index contributed by atoms with van der Waals surface area (Å²) >= 11 is 0. The SMILES string of the molecule is CNCC(Cc1cc(C)nn1C)C(C)C. The lowest BCUT2D eigenvalue weighted by molar-refractivity contribution is 0.363. The highest BCUT2D eigenvalue weighted by molar-refractivity contribution is 5.09. The largest absolute Gasteiger partial charge is 0.319 e. The van der Waals surface area contributed by atoms with Crippen LogP contribution in [0.4, 0.5) is 0 Å². The van der Waals surface area contributed by atoms with Crippen LogP contribution in [-0.2, 0) is 13.5 Å². The highest BCUT2D eigenvalue weighted by Gasteiger charge is 2.15. The van der Waals surface area contributed by atoms with Gasteiger partial charge in [0.05, 0.1) is 5.69 Å². The van der Waals surface area contributed by atoms with E-state index >= 15 is 0 Å². The second-order valence-corrected chi connectivity index (χ2v) is 4.67. The van der Waals surface area contributed by atoms with Crippen molar-refractivity contribution in [2.24, 2.45) is 18.9 Å². The molecule has 1 aromatic heterocycles. The number of aryl methyl sites for hydroxylation is 2. The number of nitrogens with one attached hydrogen (secondary N) is 1. The Morgan fingerprint density at radius 1 is 1.47 bits per heavy atom. The third-order valence-corrected chi connectivity index (χ3v) is 2.98. The van der Waals surface area contributed by atoms with Crippen LogP contribution < -0.4 is 5.32 Å². The molecule has 1 heterocycles. The predicted molar refractivity (Wildman–Crippen MR) is 63.9 cm³/mol. The maximum absolute atomic E-state index is 4.38. The smallest absolute Gasteiger partial charge is 0.0596 e. The first kappa shape index (κ1) is 12.2. The van der Waals surface area contributed by atoms with Gasteiger partial charge in [0, 0.05) is 12.7 Å². The maximum Gasteiger partial charge on any atom is 0.0596 e. The third kappa shape index (κ3) is 3.34. The zero-order chi connectivity index (χ0) is 11.4. The van der Waals surface area contributed by atoms with Gasteiger partial charge in [0.25, 0.3) is 0 Å². The molecular weight excluding hydrogens is 186 g/mol. The van der Waals surface area contributed by atoms with E-state index in [0.29, 0.717) is 11.8 Å². The lowest BCUT2D eigenvalue weighted by Crippen LogP contribution is -2.25. The van der Waals surface area contributed by atoms with Crippen molar-refractivity contribution >= 4 is 0 Å². The van der Waals surface area contributed by atoms with Gasteiger partial charge >= 0.3 is 0 Å². The Bertz CT molecular complexity index is 302. The van der Waals surface area contributed by atoms with Crippen molar-refractivity contribution in [2.45, 2.75) is 27.2 Å². The summed E-state index contributed by atoms with van der Waals surface area (Å²) in [5.74, 6) is 1.39. The minimum absolute atomic E-state index is 0.685. The van der Waals surface area contributed by atoms with E-state index in [-0.39, 0.29) is 0 Å². The summed E-state index contributed by atoms with van der Waals surface area (Å²) in [5, 5.41) is 7.65. The van der Waals surface area contributed by atoms with Crippen molar-refractivity contribution in [1.82, 2.24) is 15.1 Å². The van der Waals surface area contributed by atoms with E-state index in [1.54, 1.807) is 0 Å². The molecule has 0 saturated carbocycles. The molecule has 15 heavy (non-hydrogen) atoms. The fourth-order valence-corrected chi connectivity index (χ4v) is 1.93. The lowest BCUT2D eigenvalue weighted by Gasteiger charge is -2.20. The molecule has 0 saturated heterocycles. The Kier molecular flexibility index (Phi) is 4.33. The zero-order valence-electron chi connectivity index (χ0n) is 10.5. The van der Waals surface area contributed by atoms with Gasteiger partial charge in [-0.3, -0.25) is 4.68 Å². The van der Waals surface area contributed by atoms with Crippen LogP contribution in [0.1, 0.15) is 25.2 Å². The van der Waals surface area contributed by atoms with Crippen molar-refractivity contribution in [1.29, 1.82) is 0 Å². The molecule has 0 aliphatic rings. The van der Waals surface area contributed by atoms with Gasteiger partial charge in [0.2, 0.25) is 0 Å². The quantitative estimate of drug-likeness (QED) is 0.801. The van der Waals surface area contributed by atoms with E-state index in [1.165, 1.54) is 5.69 Å². The standard InChI is InChI=1S/C12H23N3/c1-9(2)11(8-13-4)7-12-6-10(3)14-15(12)5/h6,9,11,13H,7-8H2,1-5H3. The molecule has 1 N–H and O–H groups in total. The van der Waals surface area contributed by atoms with Crippen LogP contribution in [0.15, 0.2) is 6.07 Å². The van der Waals surface area contributed by atoms with Crippen LogP contribution in [0.3, 0.4) is 0 Å². The van der Waals surface area contributed by atoms with Crippen molar-refractivity contribution in [3.05, 3.63) is 17.5 Å². The molecule has 3 nitrogen and oxygen atoms in total. The minimum Gasteiger partial charge on any atom is -0.319 e. The molecule has 1 unspecified atom stereocenters. The van der Waals surface area contributed by atoms with Crippen LogP contribution in [-0.4, -0.2) is 23.4 Å². The van der Waals surface area contributed by atoms with Gasteiger partial charge in [-0.05, 0) is 44.8 Å². The molecule has 0 amide bonds. The van der Waals surface area contributed by atoms with Crippen LogP contribution in [0.5, 0.6) is 0 Å². The summed E-state index contributed by atoms with van der Waals surface area (Å²) < 4.78 is 2.00. The topological polar surface area (TPSA) is 29.9 Å². The van der Waals surface area contributed by atoms with E-state index in [0.717, 1.165) is 18.7 Å². The van der Waals surface area contributed by atoms with Crippen LogP contribution in [0.25, 0.3) is 0 Å². The van der Waals surface area contributed by atoms with E-state index in [2.05, 4.69) is 30.3 Å². The number of hydrogen-bond donors (Lipinski definition) is 1. The van der Waals surface area contributed by atoms with Gasteiger partial charge in [0.1, 0.15) is 0 Å². The second kappa shape index (κ2) is 5.31. The third-order valence-electron chi connectivity index (χ3n) is 2.98. The summed E-state index contributed by atoms with van der Waals surface area (Å²) in [6.45, 7) is 7.68. The average molecular weight is 209 g/mol. The maximum atomic E-state index is 4.38. The van der Waals surface area contributed by atoms with Gasteiger partial charge in [0.15, 0.2) is 0 Å². The molecule has 1 rings (SSSR count). The first-order valence-electron chi connectivity index (χ1n) is 5.68. The van der Waals surface area contributed by atoms with Crippen molar-refractivity contribution < 1.29 is 0 Å².